The number of thiophene rings is 1. The number of ether oxygens (including phenoxy) is 1. The van der Waals surface area contributed by atoms with Gasteiger partial charge in [-0.25, -0.2) is 4.79 Å². The van der Waals surface area contributed by atoms with Crippen molar-refractivity contribution in [3.8, 4) is 0 Å². The molecule has 0 amide bonds. The Balaban J connectivity index is 2.18. The van der Waals surface area contributed by atoms with E-state index in [0.717, 1.165) is 22.5 Å². The highest BCUT2D eigenvalue weighted by Gasteiger charge is 2.17. The van der Waals surface area contributed by atoms with Crippen LogP contribution in [0.4, 0.5) is 10.7 Å². The van der Waals surface area contributed by atoms with E-state index in [0.29, 0.717) is 20.7 Å². The average molecular weight is 369 g/mol. The first-order valence-electron chi connectivity index (χ1n) is 6.99. The van der Waals surface area contributed by atoms with Crippen molar-refractivity contribution in [3.05, 3.63) is 45.3 Å². The predicted octanol–water partition coefficient (Wildman–Crippen LogP) is 4.87. The van der Waals surface area contributed by atoms with Crippen molar-refractivity contribution in [1.82, 2.24) is 0 Å². The van der Waals surface area contributed by atoms with E-state index in [9.17, 15) is 4.79 Å². The molecule has 4 nitrogen and oxygen atoms in total. The number of thiocarbonyl (C=S) groups is 1. The summed E-state index contributed by atoms with van der Waals surface area (Å²) in [6.07, 6.45) is 0.837. The Bertz CT molecular complexity index is 744. The minimum absolute atomic E-state index is 0.384. The van der Waals surface area contributed by atoms with Gasteiger partial charge in [-0.2, -0.15) is 0 Å². The lowest BCUT2D eigenvalue weighted by atomic mass is 10.2. The molecule has 0 bridgehead atoms. The van der Waals surface area contributed by atoms with Crippen molar-refractivity contribution in [1.29, 1.82) is 0 Å². The van der Waals surface area contributed by atoms with E-state index in [4.69, 9.17) is 28.6 Å². The van der Waals surface area contributed by atoms with E-state index < -0.39 is 0 Å². The van der Waals surface area contributed by atoms with Crippen molar-refractivity contribution in [2.24, 2.45) is 0 Å². The van der Waals surface area contributed by atoms with Gasteiger partial charge in [-0.05, 0) is 49.3 Å². The molecule has 0 spiro atoms. The predicted molar refractivity (Wildman–Crippen MR) is 101 cm³/mol. The maximum Gasteiger partial charge on any atom is 0.340 e. The molecule has 0 aliphatic carbocycles. The van der Waals surface area contributed by atoms with Crippen LogP contribution in [0.25, 0.3) is 0 Å². The molecule has 1 aromatic carbocycles. The smallest absolute Gasteiger partial charge is 0.340 e. The molecular formula is C16H17ClN2O2S2. The number of hydrogen-bond acceptors (Lipinski definition) is 4. The van der Waals surface area contributed by atoms with Crippen molar-refractivity contribution < 1.29 is 9.53 Å². The summed E-state index contributed by atoms with van der Waals surface area (Å²) < 4.78 is 4.82. The number of nitrogens with one attached hydrogen (secondary N) is 2. The topological polar surface area (TPSA) is 50.4 Å². The third-order valence-electron chi connectivity index (χ3n) is 3.21. The van der Waals surface area contributed by atoms with Crippen LogP contribution in [0.1, 0.15) is 27.7 Å². The molecule has 0 atom stereocenters. The average Bonchev–Trinajstić information content (AvgIpc) is 2.93. The summed E-state index contributed by atoms with van der Waals surface area (Å²) in [7, 11) is 1.36. The highest BCUT2D eigenvalue weighted by atomic mass is 35.5. The quantitative estimate of drug-likeness (QED) is 0.595. The van der Waals surface area contributed by atoms with Gasteiger partial charge in [0.2, 0.25) is 0 Å². The lowest BCUT2D eigenvalue weighted by Gasteiger charge is -2.12. The van der Waals surface area contributed by atoms with E-state index in [2.05, 4.69) is 10.6 Å². The van der Waals surface area contributed by atoms with Crippen LogP contribution in [0.15, 0.2) is 24.3 Å². The summed E-state index contributed by atoms with van der Waals surface area (Å²) in [4.78, 5) is 12.9. The van der Waals surface area contributed by atoms with Crippen LogP contribution >= 0.6 is 35.2 Å². The standard InChI is InChI=1S/C16H17ClN2O2S2/c1-4-11-8-12(15(20)21-3)14(23-11)19-16(22)18-13-7-10(17)6-5-9(13)2/h5-8H,4H2,1-3H3,(H2,18,19,22). The second-order valence-corrected chi connectivity index (χ2v) is 6.82. The monoisotopic (exact) mass is 368 g/mol. The molecule has 0 radical (unpaired) electrons. The van der Waals surface area contributed by atoms with Gasteiger partial charge >= 0.3 is 5.97 Å². The molecule has 1 heterocycles. The number of hydrogen-bond donors (Lipinski definition) is 2. The number of esters is 1. The molecular weight excluding hydrogens is 352 g/mol. The van der Waals surface area contributed by atoms with Gasteiger partial charge in [-0.3, -0.25) is 0 Å². The van der Waals surface area contributed by atoms with Crippen LogP contribution in [0.5, 0.6) is 0 Å². The molecule has 0 aliphatic rings. The normalized spacial score (nSPS) is 10.3. The number of carbonyl (C=O) groups excluding carboxylic acids is 1. The summed E-state index contributed by atoms with van der Waals surface area (Å²) in [5.41, 5.74) is 2.33. The van der Waals surface area contributed by atoms with E-state index in [1.165, 1.54) is 18.4 Å². The number of halogens is 1. The summed E-state index contributed by atoms with van der Waals surface area (Å²) >= 11 is 12.8. The Morgan fingerprint density at radius 2 is 2.09 bits per heavy atom. The first-order chi connectivity index (χ1) is 10.9. The SMILES string of the molecule is CCc1cc(C(=O)OC)c(NC(=S)Nc2cc(Cl)ccc2C)s1. The van der Waals surface area contributed by atoms with Gasteiger partial charge in [0.15, 0.2) is 5.11 Å². The van der Waals surface area contributed by atoms with Crippen molar-refractivity contribution in [2.75, 3.05) is 17.7 Å². The van der Waals surface area contributed by atoms with Gasteiger partial charge < -0.3 is 15.4 Å². The molecule has 1 aromatic heterocycles. The third kappa shape index (κ3) is 4.43. The molecule has 23 heavy (non-hydrogen) atoms. The van der Waals surface area contributed by atoms with Crippen LogP contribution < -0.4 is 10.6 Å². The molecule has 0 fully saturated rings. The second kappa shape index (κ2) is 7.77. The van der Waals surface area contributed by atoms with Crippen molar-refractivity contribution >= 4 is 56.9 Å². The molecule has 2 rings (SSSR count). The molecule has 0 aliphatic heterocycles. The largest absolute Gasteiger partial charge is 0.465 e. The van der Waals surface area contributed by atoms with E-state index in [1.807, 2.05) is 32.0 Å². The fourth-order valence-electron chi connectivity index (χ4n) is 1.96. The number of methoxy groups -OCH3 is 1. The van der Waals surface area contributed by atoms with Crippen LogP contribution in [0.2, 0.25) is 5.02 Å². The second-order valence-electron chi connectivity index (χ2n) is 4.84. The lowest BCUT2D eigenvalue weighted by Crippen LogP contribution is -2.20. The Kier molecular flexibility index (Phi) is 5.98. The number of anilines is 2. The Morgan fingerprint density at radius 3 is 2.74 bits per heavy atom. The van der Waals surface area contributed by atoms with E-state index >= 15 is 0 Å². The lowest BCUT2D eigenvalue weighted by molar-refractivity contribution is 0.0602. The molecule has 0 saturated heterocycles. The van der Waals surface area contributed by atoms with Crippen molar-refractivity contribution in [3.63, 3.8) is 0 Å². The summed E-state index contributed by atoms with van der Waals surface area (Å²) in [5.74, 6) is -0.384. The maximum atomic E-state index is 11.9. The molecule has 0 unspecified atom stereocenters. The molecule has 2 aromatic rings. The number of benzene rings is 1. The van der Waals surface area contributed by atoms with Crippen LogP contribution in [-0.2, 0) is 11.2 Å². The van der Waals surface area contributed by atoms with Crippen LogP contribution in [0, 0.1) is 6.92 Å². The minimum atomic E-state index is -0.384. The zero-order valence-corrected chi connectivity index (χ0v) is 15.4. The van der Waals surface area contributed by atoms with Crippen LogP contribution in [-0.4, -0.2) is 18.2 Å². The van der Waals surface area contributed by atoms with Gasteiger partial charge in [-0.15, -0.1) is 11.3 Å². The minimum Gasteiger partial charge on any atom is -0.465 e. The number of aryl methyl sites for hydroxylation is 2. The summed E-state index contributed by atoms with van der Waals surface area (Å²) in [6, 6.07) is 7.36. The van der Waals surface area contributed by atoms with E-state index in [-0.39, 0.29) is 5.97 Å². The first-order valence-corrected chi connectivity index (χ1v) is 8.60. The van der Waals surface area contributed by atoms with Gasteiger partial charge in [0.1, 0.15) is 5.00 Å². The first kappa shape index (κ1) is 17.7. The highest BCUT2D eigenvalue weighted by Crippen LogP contribution is 2.29. The Morgan fingerprint density at radius 1 is 1.35 bits per heavy atom. The van der Waals surface area contributed by atoms with Gasteiger partial charge in [0.05, 0.1) is 12.7 Å². The molecule has 2 N–H and O–H groups in total. The molecule has 0 saturated carbocycles. The third-order valence-corrected chi connectivity index (χ3v) is 4.85. The maximum absolute atomic E-state index is 11.9. The van der Waals surface area contributed by atoms with Gasteiger partial charge in [-0.1, -0.05) is 24.6 Å². The Hall–Kier alpha value is -1.63. The fraction of sp³-hybridized carbons (Fsp3) is 0.250. The fourth-order valence-corrected chi connectivity index (χ4v) is 3.39. The van der Waals surface area contributed by atoms with Gasteiger partial charge in [0.25, 0.3) is 0 Å². The molecule has 122 valence electrons. The molecule has 7 heteroatoms. The number of carbonyl (C=O) groups is 1. The van der Waals surface area contributed by atoms with Gasteiger partial charge in [0, 0.05) is 15.6 Å². The Labute approximate surface area is 149 Å². The zero-order chi connectivity index (χ0) is 17.0. The summed E-state index contributed by atoms with van der Waals surface area (Å²) in [6.45, 7) is 3.99. The zero-order valence-electron chi connectivity index (χ0n) is 13.0. The number of rotatable bonds is 4. The highest BCUT2D eigenvalue weighted by molar-refractivity contribution is 7.80. The van der Waals surface area contributed by atoms with Crippen molar-refractivity contribution in [2.45, 2.75) is 20.3 Å². The van der Waals surface area contributed by atoms with E-state index in [1.54, 1.807) is 6.07 Å². The van der Waals surface area contributed by atoms with Crippen LogP contribution in [0.3, 0.4) is 0 Å². The summed E-state index contributed by atoms with van der Waals surface area (Å²) in [5, 5.41) is 7.86.